The molecule has 0 saturated heterocycles. The van der Waals surface area contributed by atoms with E-state index in [1.54, 1.807) is 18.2 Å². The van der Waals surface area contributed by atoms with Crippen LogP contribution in [0.5, 0.6) is 0 Å². The van der Waals surface area contributed by atoms with Crippen molar-refractivity contribution in [2.45, 2.75) is 38.5 Å². The summed E-state index contributed by atoms with van der Waals surface area (Å²) in [7, 11) is 0. The number of carboxylic acids is 1. The number of aromatic nitrogens is 1. The Morgan fingerprint density at radius 1 is 1.11 bits per heavy atom. The van der Waals surface area contributed by atoms with Crippen LogP contribution in [0.4, 0.5) is 11.4 Å². The zero-order valence-corrected chi connectivity index (χ0v) is 16.1. The SMILES string of the molecule is Nc1c(C(=O)Nc2ccccc2C(=O)O)sc2nc3c(cc12)CCCCCC3. The maximum absolute atomic E-state index is 12.8. The van der Waals surface area contributed by atoms with Crippen LogP contribution in [-0.2, 0) is 12.8 Å². The van der Waals surface area contributed by atoms with Gasteiger partial charge in [0.2, 0.25) is 0 Å². The lowest BCUT2D eigenvalue weighted by Crippen LogP contribution is -2.14. The summed E-state index contributed by atoms with van der Waals surface area (Å²) in [5, 5.41) is 12.8. The summed E-state index contributed by atoms with van der Waals surface area (Å²) >= 11 is 1.25. The van der Waals surface area contributed by atoms with Crippen molar-refractivity contribution in [1.29, 1.82) is 0 Å². The number of carboxylic acid groups (broad SMARTS) is 1. The minimum absolute atomic E-state index is 0.0385. The fourth-order valence-corrected chi connectivity index (χ4v) is 4.63. The van der Waals surface area contributed by atoms with Crippen LogP contribution >= 0.6 is 11.3 Å². The fourth-order valence-electron chi connectivity index (χ4n) is 3.64. The molecule has 0 atom stereocenters. The third-order valence-electron chi connectivity index (χ3n) is 5.11. The zero-order valence-electron chi connectivity index (χ0n) is 15.3. The number of aromatic carboxylic acids is 1. The predicted molar refractivity (Wildman–Crippen MR) is 111 cm³/mol. The van der Waals surface area contributed by atoms with Crippen molar-refractivity contribution < 1.29 is 14.7 Å². The Morgan fingerprint density at radius 2 is 1.86 bits per heavy atom. The number of para-hydroxylation sites is 1. The van der Waals surface area contributed by atoms with Gasteiger partial charge in [-0.3, -0.25) is 4.79 Å². The van der Waals surface area contributed by atoms with E-state index < -0.39 is 11.9 Å². The van der Waals surface area contributed by atoms with Gasteiger partial charge in [0.15, 0.2) is 0 Å². The Labute approximate surface area is 166 Å². The number of nitrogen functional groups attached to an aromatic ring is 1. The van der Waals surface area contributed by atoms with E-state index in [0.717, 1.165) is 41.6 Å². The van der Waals surface area contributed by atoms with Gasteiger partial charge >= 0.3 is 5.97 Å². The minimum atomic E-state index is -1.10. The minimum Gasteiger partial charge on any atom is -0.478 e. The monoisotopic (exact) mass is 395 g/mol. The van der Waals surface area contributed by atoms with Gasteiger partial charge in [-0.15, -0.1) is 11.3 Å². The number of hydrogen-bond donors (Lipinski definition) is 3. The summed E-state index contributed by atoms with van der Waals surface area (Å²) in [4.78, 5) is 30.1. The first-order valence-corrected chi connectivity index (χ1v) is 10.2. The van der Waals surface area contributed by atoms with Gasteiger partial charge in [0.05, 0.1) is 16.9 Å². The molecule has 1 aromatic carbocycles. The molecule has 4 rings (SSSR count). The van der Waals surface area contributed by atoms with Crippen molar-refractivity contribution in [3.63, 3.8) is 0 Å². The summed E-state index contributed by atoms with van der Waals surface area (Å²) in [5.74, 6) is -1.51. The molecular weight excluding hydrogens is 374 g/mol. The predicted octanol–water partition coefficient (Wildman–Crippen LogP) is 4.49. The molecule has 0 spiro atoms. The molecule has 0 saturated carbocycles. The smallest absolute Gasteiger partial charge is 0.337 e. The number of fused-ring (bicyclic) bond motifs is 2. The van der Waals surface area contributed by atoms with Crippen LogP contribution in [0.25, 0.3) is 10.2 Å². The second kappa shape index (κ2) is 7.59. The van der Waals surface area contributed by atoms with Crippen molar-refractivity contribution in [2.24, 2.45) is 0 Å². The number of thiophene rings is 1. The quantitative estimate of drug-likeness (QED) is 0.606. The first kappa shape index (κ1) is 18.4. The maximum atomic E-state index is 12.8. The molecule has 0 unspecified atom stereocenters. The number of anilines is 2. The molecule has 0 bridgehead atoms. The van der Waals surface area contributed by atoms with Gasteiger partial charge in [-0.1, -0.05) is 25.0 Å². The molecule has 1 aliphatic carbocycles. The third-order valence-corrected chi connectivity index (χ3v) is 6.23. The van der Waals surface area contributed by atoms with E-state index in [-0.39, 0.29) is 11.3 Å². The molecule has 144 valence electrons. The number of hydrogen-bond acceptors (Lipinski definition) is 5. The number of carbonyl (C=O) groups is 2. The Balaban J connectivity index is 1.70. The molecule has 28 heavy (non-hydrogen) atoms. The molecular formula is C21H21N3O3S. The average Bonchev–Trinajstić information content (AvgIpc) is 2.98. The largest absolute Gasteiger partial charge is 0.478 e. The molecule has 2 aromatic heterocycles. The van der Waals surface area contributed by atoms with E-state index in [1.165, 1.54) is 35.8 Å². The number of nitrogens with one attached hydrogen (secondary N) is 1. The number of rotatable bonds is 3. The first-order valence-electron chi connectivity index (χ1n) is 9.39. The first-order chi connectivity index (χ1) is 13.5. The average molecular weight is 395 g/mol. The van der Waals surface area contributed by atoms with E-state index in [2.05, 4.69) is 11.4 Å². The molecule has 1 aliphatic rings. The molecule has 4 N–H and O–H groups in total. The van der Waals surface area contributed by atoms with Crippen LogP contribution in [0.15, 0.2) is 30.3 Å². The molecule has 0 radical (unpaired) electrons. The van der Waals surface area contributed by atoms with Crippen molar-refractivity contribution >= 4 is 44.8 Å². The summed E-state index contributed by atoms with van der Waals surface area (Å²) in [6.45, 7) is 0. The summed E-state index contributed by atoms with van der Waals surface area (Å²) in [5.41, 5.74) is 9.31. The number of nitrogens with two attached hydrogens (primary N) is 1. The second-order valence-electron chi connectivity index (χ2n) is 7.01. The van der Waals surface area contributed by atoms with Crippen molar-refractivity contribution in [3.05, 3.63) is 52.0 Å². The third kappa shape index (κ3) is 3.45. The van der Waals surface area contributed by atoms with Crippen LogP contribution < -0.4 is 11.1 Å². The van der Waals surface area contributed by atoms with E-state index in [4.69, 9.17) is 10.7 Å². The zero-order chi connectivity index (χ0) is 19.7. The Bertz CT molecular complexity index is 1070. The highest BCUT2D eigenvalue weighted by Gasteiger charge is 2.21. The molecule has 6 nitrogen and oxygen atoms in total. The van der Waals surface area contributed by atoms with Crippen LogP contribution in [0.2, 0.25) is 0 Å². The lowest BCUT2D eigenvalue weighted by molar-refractivity contribution is 0.0698. The lowest BCUT2D eigenvalue weighted by Gasteiger charge is -2.12. The topological polar surface area (TPSA) is 105 Å². The standard InChI is InChI=1S/C21H21N3O3S/c22-17-14-11-12-7-3-1-2-4-9-15(12)24-20(14)28-18(17)19(25)23-16-10-6-5-8-13(16)21(26)27/h5-6,8,10-11H,1-4,7,9,22H2,(H,23,25)(H,26,27). The number of amides is 1. The number of pyridine rings is 1. The van der Waals surface area contributed by atoms with Crippen molar-refractivity contribution in [2.75, 3.05) is 11.1 Å². The van der Waals surface area contributed by atoms with Gasteiger partial charge in [0.25, 0.3) is 5.91 Å². The van der Waals surface area contributed by atoms with Gasteiger partial charge in [0, 0.05) is 11.1 Å². The van der Waals surface area contributed by atoms with Gasteiger partial charge < -0.3 is 16.2 Å². The number of nitrogens with zero attached hydrogens (tertiary/aromatic N) is 1. The Morgan fingerprint density at radius 3 is 2.64 bits per heavy atom. The van der Waals surface area contributed by atoms with E-state index in [9.17, 15) is 14.7 Å². The Kier molecular flexibility index (Phi) is 5.00. The summed E-state index contributed by atoms with van der Waals surface area (Å²) in [6, 6.07) is 8.39. The summed E-state index contributed by atoms with van der Waals surface area (Å²) in [6.07, 6.45) is 6.67. The number of carbonyl (C=O) groups excluding carboxylic acids is 1. The highest BCUT2D eigenvalue weighted by atomic mass is 32.1. The Hall–Kier alpha value is -2.93. The normalized spacial score (nSPS) is 14.1. The summed E-state index contributed by atoms with van der Waals surface area (Å²) < 4.78 is 0. The van der Waals surface area contributed by atoms with E-state index >= 15 is 0 Å². The highest BCUT2D eigenvalue weighted by Crippen LogP contribution is 2.35. The molecule has 0 aliphatic heterocycles. The molecule has 7 heteroatoms. The highest BCUT2D eigenvalue weighted by molar-refractivity contribution is 7.21. The van der Waals surface area contributed by atoms with E-state index in [0.29, 0.717) is 10.6 Å². The van der Waals surface area contributed by atoms with Crippen LogP contribution in [0.3, 0.4) is 0 Å². The molecule has 1 amide bonds. The van der Waals surface area contributed by atoms with Crippen LogP contribution in [0.1, 0.15) is 57.0 Å². The number of aryl methyl sites for hydroxylation is 2. The van der Waals surface area contributed by atoms with Crippen LogP contribution in [0, 0.1) is 0 Å². The fraction of sp³-hybridized carbons (Fsp3) is 0.286. The van der Waals surface area contributed by atoms with Gasteiger partial charge in [-0.25, -0.2) is 9.78 Å². The van der Waals surface area contributed by atoms with Crippen LogP contribution in [-0.4, -0.2) is 22.0 Å². The second-order valence-corrected chi connectivity index (χ2v) is 8.01. The van der Waals surface area contributed by atoms with E-state index in [1.807, 2.05) is 0 Å². The number of benzene rings is 1. The maximum Gasteiger partial charge on any atom is 0.337 e. The molecule has 0 fully saturated rings. The van der Waals surface area contributed by atoms with Gasteiger partial charge in [0.1, 0.15) is 9.71 Å². The van der Waals surface area contributed by atoms with Gasteiger partial charge in [-0.2, -0.15) is 0 Å². The van der Waals surface area contributed by atoms with Crippen molar-refractivity contribution in [1.82, 2.24) is 4.98 Å². The lowest BCUT2D eigenvalue weighted by atomic mass is 9.96. The molecule has 3 aromatic rings. The van der Waals surface area contributed by atoms with Gasteiger partial charge in [-0.05, 0) is 49.4 Å². The van der Waals surface area contributed by atoms with Crippen molar-refractivity contribution in [3.8, 4) is 0 Å². The molecule has 2 heterocycles.